The van der Waals surface area contributed by atoms with Crippen LogP contribution in [0.1, 0.15) is 0 Å². The van der Waals surface area contributed by atoms with Gasteiger partial charge in [-0.15, -0.1) is 0 Å². The Morgan fingerprint density at radius 3 is 2.15 bits per heavy atom. The lowest BCUT2D eigenvalue weighted by Crippen LogP contribution is -2.42. The summed E-state index contributed by atoms with van der Waals surface area (Å²) in [5.74, 6) is 11.1. The van der Waals surface area contributed by atoms with Crippen molar-refractivity contribution >= 4 is 34.2 Å². The number of urea groups is 2. The third kappa shape index (κ3) is 2.32. The van der Waals surface area contributed by atoms with E-state index in [0.29, 0.717) is 16.8 Å². The first-order chi connectivity index (χ1) is 9.41. The van der Waals surface area contributed by atoms with Crippen molar-refractivity contribution in [3.63, 3.8) is 0 Å². The molecule has 0 aromatic heterocycles. The first-order valence-corrected chi connectivity index (χ1v) is 5.63. The summed E-state index contributed by atoms with van der Waals surface area (Å²) in [6.07, 6.45) is 0. The number of nitrogens with zero attached hydrogens (tertiary/aromatic N) is 2. The predicted octanol–water partition coefficient (Wildman–Crippen LogP) is 0.357. The molecule has 0 fully saturated rings. The standard InChI is InChI=1S/C12H14N6O2/c13-11(19)17(15)8-5-4-7-2-1-3-10(9(7)6-8)18(16)12(14)20/h1-6H,15-16H2,(H2,13,19)(H2,14,20). The molecule has 8 heteroatoms. The molecule has 0 saturated carbocycles. The van der Waals surface area contributed by atoms with Gasteiger partial charge >= 0.3 is 12.1 Å². The van der Waals surface area contributed by atoms with Crippen LogP contribution in [0.2, 0.25) is 0 Å². The summed E-state index contributed by atoms with van der Waals surface area (Å²) >= 11 is 0. The van der Waals surface area contributed by atoms with Gasteiger partial charge in [0.25, 0.3) is 0 Å². The first-order valence-electron chi connectivity index (χ1n) is 5.63. The average Bonchev–Trinajstić information content (AvgIpc) is 2.44. The van der Waals surface area contributed by atoms with Crippen LogP contribution in [0.25, 0.3) is 10.8 Å². The van der Waals surface area contributed by atoms with Crippen LogP contribution in [0.4, 0.5) is 21.0 Å². The Hall–Kier alpha value is -2.84. The van der Waals surface area contributed by atoms with Gasteiger partial charge in [-0.2, -0.15) is 0 Å². The van der Waals surface area contributed by atoms with Crippen LogP contribution in [0.5, 0.6) is 0 Å². The Kier molecular flexibility index (Phi) is 3.42. The van der Waals surface area contributed by atoms with E-state index < -0.39 is 12.1 Å². The number of fused-ring (bicyclic) bond motifs is 1. The number of primary amides is 2. The summed E-state index contributed by atoms with van der Waals surface area (Å²) in [7, 11) is 0. The van der Waals surface area contributed by atoms with E-state index in [0.717, 1.165) is 15.4 Å². The number of nitrogens with two attached hydrogens (primary N) is 4. The second kappa shape index (κ2) is 5.03. The summed E-state index contributed by atoms with van der Waals surface area (Å²) in [6, 6.07) is 8.52. The van der Waals surface area contributed by atoms with Crippen LogP contribution in [-0.2, 0) is 0 Å². The maximum Gasteiger partial charge on any atom is 0.333 e. The highest BCUT2D eigenvalue weighted by atomic mass is 16.2. The van der Waals surface area contributed by atoms with Crippen molar-refractivity contribution in [3.05, 3.63) is 36.4 Å². The van der Waals surface area contributed by atoms with E-state index in [1.54, 1.807) is 30.3 Å². The number of hydrogen-bond donors (Lipinski definition) is 4. The zero-order valence-corrected chi connectivity index (χ0v) is 10.5. The zero-order chi connectivity index (χ0) is 14.9. The van der Waals surface area contributed by atoms with Crippen molar-refractivity contribution in [2.75, 3.05) is 10.0 Å². The van der Waals surface area contributed by atoms with Gasteiger partial charge in [-0.1, -0.05) is 18.2 Å². The topological polar surface area (TPSA) is 145 Å². The highest BCUT2D eigenvalue weighted by Crippen LogP contribution is 2.28. The number of rotatable bonds is 2. The number of amides is 4. The number of carbonyl (C=O) groups is 2. The SMILES string of the molecule is NC(=O)N(N)c1ccc2cccc(N(N)C(N)=O)c2c1. The van der Waals surface area contributed by atoms with Gasteiger partial charge in [-0.25, -0.2) is 31.3 Å². The molecule has 0 saturated heterocycles. The molecular formula is C12H14N6O2. The molecule has 0 unspecified atom stereocenters. The van der Waals surface area contributed by atoms with Crippen LogP contribution in [0.15, 0.2) is 36.4 Å². The minimum atomic E-state index is -0.804. The fraction of sp³-hybridized carbons (Fsp3) is 0. The Bertz CT molecular complexity index is 687. The third-order valence-electron chi connectivity index (χ3n) is 2.86. The van der Waals surface area contributed by atoms with Gasteiger partial charge in [0.1, 0.15) is 0 Å². The van der Waals surface area contributed by atoms with Crippen LogP contribution in [0.3, 0.4) is 0 Å². The fourth-order valence-electron chi connectivity index (χ4n) is 1.85. The van der Waals surface area contributed by atoms with Gasteiger partial charge in [0.15, 0.2) is 0 Å². The molecular weight excluding hydrogens is 260 g/mol. The van der Waals surface area contributed by atoms with E-state index in [-0.39, 0.29) is 0 Å². The van der Waals surface area contributed by atoms with Crippen LogP contribution < -0.4 is 33.2 Å². The lowest BCUT2D eigenvalue weighted by atomic mass is 10.1. The molecule has 0 heterocycles. The van der Waals surface area contributed by atoms with Gasteiger partial charge in [-0.05, 0) is 23.6 Å². The number of anilines is 2. The molecule has 8 nitrogen and oxygen atoms in total. The fourth-order valence-corrected chi connectivity index (χ4v) is 1.85. The van der Waals surface area contributed by atoms with Gasteiger partial charge in [-0.3, -0.25) is 0 Å². The van der Waals surface area contributed by atoms with Gasteiger partial charge in [0.2, 0.25) is 0 Å². The Balaban J connectivity index is 2.62. The molecule has 0 bridgehead atoms. The zero-order valence-electron chi connectivity index (χ0n) is 10.5. The molecule has 2 aromatic rings. The third-order valence-corrected chi connectivity index (χ3v) is 2.86. The van der Waals surface area contributed by atoms with Gasteiger partial charge in [0, 0.05) is 5.39 Å². The smallest absolute Gasteiger partial charge is 0.333 e. The lowest BCUT2D eigenvalue weighted by molar-refractivity contribution is 0.253. The summed E-state index contributed by atoms with van der Waals surface area (Å²) in [6.45, 7) is 0. The van der Waals surface area contributed by atoms with Crippen LogP contribution in [-0.4, -0.2) is 12.1 Å². The van der Waals surface area contributed by atoms with E-state index in [1.807, 2.05) is 6.07 Å². The van der Waals surface area contributed by atoms with E-state index in [4.69, 9.17) is 23.2 Å². The first kappa shape index (κ1) is 13.6. The number of hydrogen-bond acceptors (Lipinski definition) is 4. The number of carbonyl (C=O) groups excluding carboxylic acids is 2. The molecule has 8 N–H and O–H groups in total. The van der Waals surface area contributed by atoms with Crippen molar-refractivity contribution in [1.82, 2.24) is 0 Å². The van der Waals surface area contributed by atoms with E-state index in [1.165, 1.54) is 0 Å². The van der Waals surface area contributed by atoms with E-state index in [9.17, 15) is 9.59 Å². The molecule has 0 aliphatic heterocycles. The maximum atomic E-state index is 11.2. The van der Waals surface area contributed by atoms with E-state index >= 15 is 0 Å². The average molecular weight is 274 g/mol. The van der Waals surface area contributed by atoms with Gasteiger partial charge < -0.3 is 11.5 Å². The molecule has 0 radical (unpaired) electrons. The molecule has 2 rings (SSSR count). The normalized spacial score (nSPS) is 10.3. The van der Waals surface area contributed by atoms with Crippen LogP contribution in [0, 0.1) is 0 Å². The van der Waals surface area contributed by atoms with Crippen molar-refractivity contribution in [1.29, 1.82) is 0 Å². The van der Waals surface area contributed by atoms with Crippen molar-refractivity contribution in [3.8, 4) is 0 Å². The van der Waals surface area contributed by atoms with Crippen molar-refractivity contribution < 1.29 is 9.59 Å². The summed E-state index contributed by atoms with van der Waals surface area (Å²) in [5, 5.41) is 3.03. The summed E-state index contributed by atoms with van der Waals surface area (Å²) in [5.41, 5.74) is 11.0. The molecule has 104 valence electrons. The molecule has 0 spiro atoms. The minimum Gasteiger partial charge on any atom is -0.350 e. The largest absolute Gasteiger partial charge is 0.350 e. The van der Waals surface area contributed by atoms with Crippen LogP contribution >= 0.6 is 0 Å². The predicted molar refractivity (Wildman–Crippen MR) is 76.4 cm³/mol. The molecule has 4 amide bonds. The molecule has 0 aliphatic rings. The Labute approximate surface area is 114 Å². The highest BCUT2D eigenvalue weighted by Gasteiger charge is 2.13. The number of benzene rings is 2. The second-order valence-corrected chi connectivity index (χ2v) is 4.10. The monoisotopic (exact) mass is 274 g/mol. The van der Waals surface area contributed by atoms with Crippen molar-refractivity contribution in [2.24, 2.45) is 23.2 Å². The molecule has 0 aliphatic carbocycles. The molecule has 0 atom stereocenters. The summed E-state index contributed by atoms with van der Waals surface area (Å²) in [4.78, 5) is 22.3. The maximum absolute atomic E-state index is 11.2. The Morgan fingerprint density at radius 2 is 1.55 bits per heavy atom. The second-order valence-electron chi connectivity index (χ2n) is 4.10. The van der Waals surface area contributed by atoms with Gasteiger partial charge in [0.05, 0.1) is 11.4 Å². The Morgan fingerprint density at radius 1 is 0.900 bits per heavy atom. The summed E-state index contributed by atoms with van der Waals surface area (Å²) < 4.78 is 0. The number of hydrazine groups is 2. The minimum absolute atomic E-state index is 0.371. The molecule has 20 heavy (non-hydrogen) atoms. The highest BCUT2D eigenvalue weighted by molar-refractivity contribution is 6.04. The van der Waals surface area contributed by atoms with E-state index in [2.05, 4.69) is 0 Å². The molecule has 2 aromatic carbocycles. The lowest BCUT2D eigenvalue weighted by Gasteiger charge is -2.18. The quantitative estimate of drug-likeness (QED) is 0.356. The van der Waals surface area contributed by atoms with Crippen molar-refractivity contribution in [2.45, 2.75) is 0 Å².